The van der Waals surface area contributed by atoms with Gasteiger partial charge in [-0.1, -0.05) is 60.7 Å². The molecular formula is C25H20N2O3. The second kappa shape index (κ2) is 8.92. The summed E-state index contributed by atoms with van der Waals surface area (Å²) < 4.78 is 5.64. The van der Waals surface area contributed by atoms with Gasteiger partial charge in [0.05, 0.1) is 5.56 Å². The van der Waals surface area contributed by atoms with Crippen LogP contribution in [0.2, 0.25) is 0 Å². The van der Waals surface area contributed by atoms with E-state index in [4.69, 9.17) is 4.74 Å². The lowest BCUT2D eigenvalue weighted by Crippen LogP contribution is -2.21. The topological polar surface area (TPSA) is 67.4 Å². The van der Waals surface area contributed by atoms with E-state index >= 15 is 0 Å². The second-order valence-corrected chi connectivity index (χ2v) is 6.72. The number of hydrogen-bond acceptors (Lipinski definition) is 3. The predicted octanol–water partition coefficient (Wildman–Crippen LogP) is 5.11. The lowest BCUT2D eigenvalue weighted by Gasteiger charge is -2.12. The monoisotopic (exact) mass is 396 g/mol. The number of anilines is 2. The third-order valence-corrected chi connectivity index (χ3v) is 4.56. The summed E-state index contributed by atoms with van der Waals surface area (Å²) in [5.41, 5.74) is 1.74. The fourth-order valence-corrected chi connectivity index (χ4v) is 3.11. The fraction of sp³-hybridized carbons (Fsp3) is 0.0400. The van der Waals surface area contributed by atoms with Crippen LogP contribution >= 0.6 is 0 Å². The van der Waals surface area contributed by atoms with E-state index in [-0.39, 0.29) is 18.4 Å². The van der Waals surface area contributed by atoms with Gasteiger partial charge in [-0.15, -0.1) is 0 Å². The number of fused-ring (bicyclic) bond motifs is 1. The van der Waals surface area contributed by atoms with Crippen molar-refractivity contribution in [3.63, 3.8) is 0 Å². The van der Waals surface area contributed by atoms with Crippen LogP contribution in [0.5, 0.6) is 5.75 Å². The number of ether oxygens (including phenoxy) is 1. The summed E-state index contributed by atoms with van der Waals surface area (Å²) in [7, 11) is 0. The molecule has 2 amide bonds. The average Bonchev–Trinajstić information content (AvgIpc) is 2.78. The molecule has 30 heavy (non-hydrogen) atoms. The molecule has 0 aliphatic rings. The Kier molecular flexibility index (Phi) is 5.71. The Balaban J connectivity index is 1.40. The van der Waals surface area contributed by atoms with Crippen LogP contribution in [0.3, 0.4) is 0 Å². The average molecular weight is 396 g/mol. The summed E-state index contributed by atoms with van der Waals surface area (Å²) in [4.78, 5) is 25.0. The van der Waals surface area contributed by atoms with Gasteiger partial charge < -0.3 is 15.4 Å². The Hall–Kier alpha value is -4.12. The first-order chi connectivity index (χ1) is 14.7. The van der Waals surface area contributed by atoms with Gasteiger partial charge in [0, 0.05) is 11.4 Å². The van der Waals surface area contributed by atoms with Crippen LogP contribution in [0.25, 0.3) is 10.8 Å². The lowest BCUT2D eigenvalue weighted by atomic mass is 10.1. The van der Waals surface area contributed by atoms with Gasteiger partial charge in [-0.3, -0.25) is 9.59 Å². The molecule has 4 aromatic rings. The standard InChI is InChI=1S/C25H20N2O3/c28-24(26-21-15-14-18-8-4-5-9-19(18)16-21)17-30-23-13-7-6-12-22(23)25(29)27-20-10-2-1-3-11-20/h1-16H,17H2,(H,26,28)(H,27,29). The van der Waals surface area contributed by atoms with Crippen molar-refractivity contribution < 1.29 is 14.3 Å². The van der Waals surface area contributed by atoms with Crippen LogP contribution in [0.1, 0.15) is 10.4 Å². The number of benzene rings is 4. The molecule has 0 heterocycles. The zero-order chi connectivity index (χ0) is 20.8. The summed E-state index contributed by atoms with van der Waals surface area (Å²) in [5.74, 6) is -0.255. The highest BCUT2D eigenvalue weighted by atomic mass is 16.5. The van der Waals surface area contributed by atoms with Crippen molar-refractivity contribution in [2.45, 2.75) is 0 Å². The molecule has 148 valence electrons. The second-order valence-electron chi connectivity index (χ2n) is 6.72. The number of para-hydroxylation sites is 2. The van der Waals surface area contributed by atoms with Crippen molar-refractivity contribution in [2.24, 2.45) is 0 Å². The number of carbonyl (C=O) groups excluding carboxylic acids is 2. The SMILES string of the molecule is O=C(COc1ccccc1C(=O)Nc1ccccc1)Nc1ccc2ccccc2c1. The van der Waals surface area contributed by atoms with E-state index in [2.05, 4.69) is 10.6 Å². The Morgan fingerprint density at radius 2 is 1.37 bits per heavy atom. The van der Waals surface area contributed by atoms with Gasteiger partial charge in [0.25, 0.3) is 11.8 Å². The van der Waals surface area contributed by atoms with Crippen LogP contribution in [-0.4, -0.2) is 18.4 Å². The van der Waals surface area contributed by atoms with Crippen LogP contribution in [0.15, 0.2) is 97.1 Å². The maximum Gasteiger partial charge on any atom is 0.262 e. The molecule has 0 radical (unpaired) electrons. The van der Waals surface area contributed by atoms with Gasteiger partial charge in [-0.2, -0.15) is 0 Å². The number of nitrogens with one attached hydrogen (secondary N) is 2. The summed E-state index contributed by atoms with van der Waals surface area (Å²) in [6.07, 6.45) is 0. The van der Waals surface area contributed by atoms with Gasteiger partial charge in [-0.25, -0.2) is 0 Å². The van der Waals surface area contributed by atoms with Gasteiger partial charge in [0.1, 0.15) is 5.75 Å². The smallest absolute Gasteiger partial charge is 0.262 e. The molecule has 0 spiro atoms. The number of hydrogen-bond donors (Lipinski definition) is 2. The van der Waals surface area contributed by atoms with E-state index in [9.17, 15) is 9.59 Å². The molecule has 0 saturated carbocycles. The molecule has 5 heteroatoms. The van der Waals surface area contributed by atoms with Gasteiger partial charge in [0.2, 0.25) is 0 Å². The molecule has 0 aliphatic carbocycles. The first kappa shape index (κ1) is 19.2. The summed E-state index contributed by atoms with van der Waals surface area (Å²) >= 11 is 0. The van der Waals surface area contributed by atoms with E-state index in [1.807, 2.05) is 60.7 Å². The minimum absolute atomic E-state index is 0.206. The van der Waals surface area contributed by atoms with Crippen molar-refractivity contribution in [2.75, 3.05) is 17.2 Å². The van der Waals surface area contributed by atoms with E-state index in [0.717, 1.165) is 10.8 Å². The van der Waals surface area contributed by atoms with E-state index in [0.29, 0.717) is 22.7 Å². The van der Waals surface area contributed by atoms with Crippen molar-refractivity contribution in [1.29, 1.82) is 0 Å². The van der Waals surface area contributed by atoms with Crippen molar-refractivity contribution in [3.8, 4) is 5.75 Å². The van der Waals surface area contributed by atoms with Crippen LogP contribution < -0.4 is 15.4 Å². The first-order valence-electron chi connectivity index (χ1n) is 9.56. The van der Waals surface area contributed by atoms with E-state index in [1.54, 1.807) is 36.4 Å². The summed E-state index contributed by atoms with van der Waals surface area (Å²) in [5, 5.41) is 7.79. The predicted molar refractivity (Wildman–Crippen MR) is 119 cm³/mol. The fourth-order valence-electron chi connectivity index (χ4n) is 3.11. The highest BCUT2D eigenvalue weighted by Crippen LogP contribution is 2.21. The molecule has 0 atom stereocenters. The van der Waals surface area contributed by atoms with Gasteiger partial charge in [0.15, 0.2) is 6.61 Å². The van der Waals surface area contributed by atoms with Gasteiger partial charge >= 0.3 is 0 Å². The summed E-state index contributed by atoms with van der Waals surface area (Å²) in [6.45, 7) is -0.206. The van der Waals surface area contributed by atoms with Crippen molar-refractivity contribution in [1.82, 2.24) is 0 Å². The molecule has 0 aromatic heterocycles. The molecule has 2 N–H and O–H groups in total. The molecule has 0 unspecified atom stereocenters. The molecule has 4 aromatic carbocycles. The van der Waals surface area contributed by atoms with Crippen molar-refractivity contribution in [3.05, 3.63) is 103 Å². The lowest BCUT2D eigenvalue weighted by molar-refractivity contribution is -0.118. The van der Waals surface area contributed by atoms with Crippen LogP contribution in [0, 0.1) is 0 Å². The third kappa shape index (κ3) is 4.64. The molecule has 0 saturated heterocycles. The highest BCUT2D eigenvalue weighted by Gasteiger charge is 2.14. The Labute approximate surface area is 174 Å². The molecule has 4 rings (SSSR count). The maximum atomic E-state index is 12.6. The number of rotatable bonds is 6. The zero-order valence-corrected chi connectivity index (χ0v) is 16.2. The minimum Gasteiger partial charge on any atom is -0.483 e. The number of carbonyl (C=O) groups is 2. The molecule has 0 bridgehead atoms. The maximum absolute atomic E-state index is 12.6. The molecular weight excluding hydrogens is 376 g/mol. The largest absolute Gasteiger partial charge is 0.483 e. The quantitative estimate of drug-likeness (QED) is 0.476. The zero-order valence-electron chi connectivity index (χ0n) is 16.2. The highest BCUT2D eigenvalue weighted by molar-refractivity contribution is 6.06. The third-order valence-electron chi connectivity index (χ3n) is 4.56. The normalized spacial score (nSPS) is 10.4. The van der Waals surface area contributed by atoms with E-state index < -0.39 is 0 Å². The first-order valence-corrected chi connectivity index (χ1v) is 9.56. The van der Waals surface area contributed by atoms with Gasteiger partial charge in [-0.05, 0) is 47.2 Å². The summed E-state index contributed by atoms with van der Waals surface area (Å²) in [6, 6.07) is 29.7. The number of amides is 2. The molecule has 0 fully saturated rings. The van der Waals surface area contributed by atoms with Crippen LogP contribution in [0.4, 0.5) is 11.4 Å². The molecule has 5 nitrogen and oxygen atoms in total. The van der Waals surface area contributed by atoms with Crippen molar-refractivity contribution >= 4 is 34.0 Å². The Bertz CT molecular complexity index is 1190. The Morgan fingerprint density at radius 1 is 0.667 bits per heavy atom. The van der Waals surface area contributed by atoms with Crippen LogP contribution in [-0.2, 0) is 4.79 Å². The Morgan fingerprint density at radius 3 is 2.20 bits per heavy atom. The minimum atomic E-state index is -0.302. The molecule has 0 aliphatic heterocycles. The van der Waals surface area contributed by atoms with E-state index in [1.165, 1.54) is 0 Å².